The van der Waals surface area contributed by atoms with Crippen molar-refractivity contribution >= 4 is 17.5 Å². The van der Waals surface area contributed by atoms with E-state index in [0.717, 1.165) is 25.0 Å². The Morgan fingerprint density at radius 3 is 2.83 bits per heavy atom. The summed E-state index contributed by atoms with van der Waals surface area (Å²) < 4.78 is 5.45. The molecule has 0 spiro atoms. The number of rotatable bonds is 5. The van der Waals surface area contributed by atoms with Crippen LogP contribution in [0.1, 0.15) is 30.9 Å². The summed E-state index contributed by atoms with van der Waals surface area (Å²) in [5, 5.41) is 2.96. The smallest absolute Gasteiger partial charge is 0.223 e. The molecule has 0 bridgehead atoms. The zero-order valence-corrected chi connectivity index (χ0v) is 11.0. The zero-order chi connectivity index (χ0) is 12.8. The molecule has 1 fully saturated rings. The fourth-order valence-electron chi connectivity index (χ4n) is 2.16. The van der Waals surface area contributed by atoms with E-state index >= 15 is 0 Å². The van der Waals surface area contributed by atoms with Crippen LogP contribution in [-0.2, 0) is 9.53 Å². The Labute approximate surface area is 112 Å². The van der Waals surface area contributed by atoms with Gasteiger partial charge in [-0.3, -0.25) is 4.79 Å². The van der Waals surface area contributed by atoms with Gasteiger partial charge in [-0.1, -0.05) is 30.3 Å². The minimum atomic E-state index is -0.123. The first-order chi connectivity index (χ1) is 8.79. The first kappa shape index (κ1) is 13.4. The summed E-state index contributed by atoms with van der Waals surface area (Å²) in [4.78, 5) is 11.9. The number of halogens is 1. The predicted molar refractivity (Wildman–Crippen MR) is 71.6 cm³/mol. The fraction of sp³-hybridized carbons (Fsp3) is 0.500. The lowest BCUT2D eigenvalue weighted by Gasteiger charge is -2.17. The van der Waals surface area contributed by atoms with E-state index in [-0.39, 0.29) is 18.1 Å². The number of benzene rings is 1. The molecule has 1 aromatic carbocycles. The summed E-state index contributed by atoms with van der Waals surface area (Å²) in [6.07, 6.45) is 2.54. The van der Waals surface area contributed by atoms with E-state index in [4.69, 9.17) is 16.3 Å². The van der Waals surface area contributed by atoms with Gasteiger partial charge < -0.3 is 10.1 Å². The molecular formula is C14H18ClNO2. The third-order valence-corrected chi connectivity index (χ3v) is 3.44. The lowest BCUT2D eigenvalue weighted by Crippen LogP contribution is -2.32. The summed E-state index contributed by atoms with van der Waals surface area (Å²) in [6, 6.07) is 9.66. The molecule has 1 aliphatic heterocycles. The lowest BCUT2D eigenvalue weighted by atomic mass is 10.1. The summed E-state index contributed by atoms with van der Waals surface area (Å²) in [7, 11) is 0. The molecule has 98 valence electrons. The first-order valence-electron chi connectivity index (χ1n) is 6.31. The van der Waals surface area contributed by atoms with Crippen molar-refractivity contribution in [3.05, 3.63) is 35.9 Å². The Morgan fingerprint density at radius 1 is 1.44 bits per heavy atom. The number of amides is 1. The molecule has 2 rings (SSSR count). The normalized spacial score (nSPS) is 20.6. The zero-order valence-electron chi connectivity index (χ0n) is 10.3. The number of ether oxygens (including phenoxy) is 1. The van der Waals surface area contributed by atoms with Crippen LogP contribution in [0.15, 0.2) is 30.3 Å². The van der Waals surface area contributed by atoms with E-state index in [1.165, 1.54) is 0 Å². The number of hydrogen-bond donors (Lipinski definition) is 1. The van der Waals surface area contributed by atoms with Crippen molar-refractivity contribution in [2.75, 3.05) is 12.5 Å². The number of hydrogen-bond acceptors (Lipinski definition) is 2. The van der Waals surface area contributed by atoms with Gasteiger partial charge in [0.15, 0.2) is 0 Å². The maximum atomic E-state index is 11.9. The van der Waals surface area contributed by atoms with Crippen molar-refractivity contribution in [2.24, 2.45) is 0 Å². The Morgan fingerprint density at radius 2 is 2.22 bits per heavy atom. The van der Waals surface area contributed by atoms with Gasteiger partial charge in [-0.25, -0.2) is 0 Å². The van der Waals surface area contributed by atoms with E-state index in [2.05, 4.69) is 5.32 Å². The van der Waals surface area contributed by atoms with Crippen LogP contribution in [0.2, 0.25) is 0 Å². The maximum Gasteiger partial charge on any atom is 0.223 e. The van der Waals surface area contributed by atoms with Gasteiger partial charge in [0.05, 0.1) is 18.6 Å². The molecule has 0 radical (unpaired) electrons. The molecule has 1 N–H and O–H groups in total. The molecule has 0 aliphatic carbocycles. The van der Waals surface area contributed by atoms with Crippen LogP contribution < -0.4 is 5.32 Å². The fourth-order valence-corrected chi connectivity index (χ4v) is 2.42. The largest absolute Gasteiger partial charge is 0.378 e. The van der Waals surface area contributed by atoms with E-state index in [9.17, 15) is 4.79 Å². The molecule has 4 heteroatoms. The third kappa shape index (κ3) is 3.72. The minimum absolute atomic E-state index is 0.0106. The molecule has 0 saturated carbocycles. The van der Waals surface area contributed by atoms with Gasteiger partial charge in [0.1, 0.15) is 0 Å². The van der Waals surface area contributed by atoms with Gasteiger partial charge in [0.2, 0.25) is 5.91 Å². The number of alkyl halides is 1. The Kier molecular flexibility index (Phi) is 5.02. The molecule has 0 aromatic heterocycles. The molecule has 1 aromatic rings. The van der Waals surface area contributed by atoms with Crippen molar-refractivity contribution < 1.29 is 9.53 Å². The highest BCUT2D eigenvalue weighted by atomic mass is 35.5. The summed E-state index contributed by atoms with van der Waals surface area (Å²) in [6.45, 7) is 0.773. The second-order valence-electron chi connectivity index (χ2n) is 4.52. The quantitative estimate of drug-likeness (QED) is 0.833. The third-order valence-electron chi connectivity index (χ3n) is 3.13. The average Bonchev–Trinajstić information content (AvgIpc) is 2.90. The van der Waals surface area contributed by atoms with Crippen LogP contribution in [0.4, 0.5) is 0 Å². The lowest BCUT2D eigenvalue weighted by molar-refractivity contribution is -0.123. The molecule has 2 unspecified atom stereocenters. The SMILES string of the molecule is O=C(CC1CCCO1)NC(CCl)c1ccccc1. The average molecular weight is 268 g/mol. The van der Waals surface area contributed by atoms with Gasteiger partial charge in [0.25, 0.3) is 0 Å². The van der Waals surface area contributed by atoms with Crippen LogP contribution >= 0.6 is 11.6 Å². The highest BCUT2D eigenvalue weighted by Gasteiger charge is 2.21. The molecule has 2 atom stereocenters. The molecule has 1 heterocycles. The van der Waals surface area contributed by atoms with Crippen LogP contribution in [0.3, 0.4) is 0 Å². The molecule has 1 aliphatic rings. The van der Waals surface area contributed by atoms with E-state index in [0.29, 0.717) is 12.3 Å². The van der Waals surface area contributed by atoms with Crippen molar-refractivity contribution in [3.63, 3.8) is 0 Å². The predicted octanol–water partition coefficient (Wildman–Crippen LogP) is 2.65. The van der Waals surface area contributed by atoms with E-state index in [1.807, 2.05) is 30.3 Å². The topological polar surface area (TPSA) is 38.3 Å². The van der Waals surface area contributed by atoms with Gasteiger partial charge in [-0.05, 0) is 18.4 Å². The second-order valence-corrected chi connectivity index (χ2v) is 4.83. The molecule has 1 amide bonds. The highest BCUT2D eigenvalue weighted by Crippen LogP contribution is 2.17. The number of carbonyl (C=O) groups excluding carboxylic acids is 1. The number of nitrogens with one attached hydrogen (secondary N) is 1. The van der Waals surface area contributed by atoms with Gasteiger partial charge in [-0.15, -0.1) is 11.6 Å². The second kappa shape index (κ2) is 6.76. The summed E-state index contributed by atoms with van der Waals surface area (Å²) in [5.41, 5.74) is 1.04. The molecule has 1 saturated heterocycles. The van der Waals surface area contributed by atoms with Gasteiger partial charge >= 0.3 is 0 Å². The summed E-state index contributed by atoms with van der Waals surface area (Å²) >= 11 is 5.92. The Hall–Kier alpha value is -1.06. The van der Waals surface area contributed by atoms with E-state index in [1.54, 1.807) is 0 Å². The molecule has 18 heavy (non-hydrogen) atoms. The van der Waals surface area contributed by atoms with Crippen molar-refractivity contribution in [1.82, 2.24) is 5.32 Å². The van der Waals surface area contributed by atoms with Crippen LogP contribution in [0, 0.1) is 0 Å². The highest BCUT2D eigenvalue weighted by molar-refractivity contribution is 6.18. The Bertz CT molecular complexity index is 377. The standard InChI is InChI=1S/C14H18ClNO2/c15-10-13(11-5-2-1-3-6-11)16-14(17)9-12-7-4-8-18-12/h1-3,5-6,12-13H,4,7-10H2,(H,16,17). The number of carbonyl (C=O) groups is 1. The van der Waals surface area contributed by atoms with Crippen molar-refractivity contribution in [2.45, 2.75) is 31.4 Å². The van der Waals surface area contributed by atoms with Crippen LogP contribution in [-0.4, -0.2) is 24.5 Å². The Balaban J connectivity index is 1.87. The van der Waals surface area contributed by atoms with Crippen molar-refractivity contribution in [1.29, 1.82) is 0 Å². The van der Waals surface area contributed by atoms with E-state index < -0.39 is 0 Å². The molecular weight excluding hydrogens is 250 g/mol. The maximum absolute atomic E-state index is 11.9. The van der Waals surface area contributed by atoms with Crippen LogP contribution in [0.5, 0.6) is 0 Å². The van der Waals surface area contributed by atoms with Gasteiger partial charge in [0, 0.05) is 12.5 Å². The van der Waals surface area contributed by atoms with Crippen LogP contribution in [0.25, 0.3) is 0 Å². The van der Waals surface area contributed by atoms with Crippen molar-refractivity contribution in [3.8, 4) is 0 Å². The summed E-state index contributed by atoms with van der Waals surface area (Å²) in [5.74, 6) is 0.387. The minimum Gasteiger partial charge on any atom is -0.378 e. The van der Waals surface area contributed by atoms with Gasteiger partial charge in [-0.2, -0.15) is 0 Å². The first-order valence-corrected chi connectivity index (χ1v) is 6.85. The molecule has 3 nitrogen and oxygen atoms in total. The monoisotopic (exact) mass is 267 g/mol.